The van der Waals surface area contributed by atoms with E-state index in [1.165, 1.54) is 77.9 Å². The fraction of sp³-hybridized carbons (Fsp3) is 0.0435. The van der Waals surface area contributed by atoms with Gasteiger partial charge in [0.1, 0.15) is 0 Å². The monoisotopic (exact) mass is 893 g/mol. The van der Waals surface area contributed by atoms with Gasteiger partial charge in [-0.3, -0.25) is 0 Å². The van der Waals surface area contributed by atoms with E-state index in [0.717, 1.165) is 28.2 Å². The molecule has 1 heteroatoms. The van der Waals surface area contributed by atoms with Gasteiger partial charge >= 0.3 is 0 Å². The molecule has 0 amide bonds. The number of hydrogen-bond donors (Lipinski definition) is 0. The Kier molecular flexibility index (Phi) is 10.8. The summed E-state index contributed by atoms with van der Waals surface area (Å²) in [7, 11) is 0. The van der Waals surface area contributed by atoms with E-state index >= 15 is 0 Å². The van der Waals surface area contributed by atoms with E-state index in [1.54, 1.807) is 0 Å². The van der Waals surface area contributed by atoms with Crippen molar-refractivity contribution in [1.29, 1.82) is 0 Å². The van der Waals surface area contributed by atoms with Crippen LogP contribution in [-0.4, -0.2) is 0 Å². The average Bonchev–Trinajstić information content (AvgIpc) is 3.68. The van der Waals surface area contributed by atoms with Gasteiger partial charge in [-0.15, -0.1) is 0 Å². The molecule has 10 aromatic rings. The van der Waals surface area contributed by atoms with Crippen molar-refractivity contribution in [2.45, 2.75) is 17.8 Å². The molecule has 0 saturated heterocycles. The molecular weight excluding hydrogens is 843 g/mol. The molecule has 332 valence electrons. The zero-order valence-corrected chi connectivity index (χ0v) is 39.2. The fourth-order valence-corrected chi connectivity index (χ4v) is 11.9. The lowest BCUT2D eigenvalue weighted by molar-refractivity contribution is 0.750. The Bertz CT molecular complexity index is 3510. The third-order valence-electron chi connectivity index (χ3n) is 14.8. The van der Waals surface area contributed by atoms with Gasteiger partial charge in [-0.2, -0.15) is 0 Å². The van der Waals surface area contributed by atoms with Gasteiger partial charge in [-0.05, 0) is 126 Å². The molecule has 12 rings (SSSR count). The number of allylic oxidation sites excluding steroid dienone is 5. The number of fused-ring (bicyclic) bond motifs is 8. The van der Waals surface area contributed by atoms with Crippen molar-refractivity contribution >= 4 is 17.1 Å². The van der Waals surface area contributed by atoms with Crippen LogP contribution in [0.4, 0.5) is 17.1 Å². The molecule has 0 N–H and O–H groups in total. The van der Waals surface area contributed by atoms with Gasteiger partial charge < -0.3 is 4.90 Å². The SMILES string of the molecule is C=C/C(=C\C=C/C)C1(c2ccccc2N(c2ccc(-c3ccccc3)cc2)c2ccc3c(c2)-c2ccccc2C3(c2ccccc2)c2ccccc2)c2ccccc2-c2ccccc2-c2ccccc21. The van der Waals surface area contributed by atoms with Crippen LogP contribution >= 0.6 is 0 Å². The molecule has 0 heterocycles. The van der Waals surface area contributed by atoms with E-state index < -0.39 is 10.8 Å². The van der Waals surface area contributed by atoms with Crippen LogP contribution in [0.3, 0.4) is 0 Å². The molecule has 0 radical (unpaired) electrons. The van der Waals surface area contributed by atoms with Crippen molar-refractivity contribution in [3.63, 3.8) is 0 Å². The lowest BCUT2D eigenvalue weighted by atomic mass is 9.62. The molecule has 10 aromatic carbocycles. The van der Waals surface area contributed by atoms with Crippen molar-refractivity contribution in [1.82, 2.24) is 0 Å². The van der Waals surface area contributed by atoms with Crippen LogP contribution in [0.25, 0.3) is 44.5 Å². The van der Waals surface area contributed by atoms with Gasteiger partial charge in [0, 0.05) is 11.4 Å². The second-order valence-electron chi connectivity index (χ2n) is 18.3. The summed E-state index contributed by atoms with van der Waals surface area (Å²) < 4.78 is 0. The van der Waals surface area contributed by atoms with Crippen LogP contribution in [0.15, 0.2) is 291 Å². The Balaban J connectivity index is 1.18. The maximum atomic E-state index is 4.62. The molecule has 0 atom stereocenters. The van der Waals surface area contributed by atoms with Gasteiger partial charge in [-0.1, -0.05) is 255 Å². The van der Waals surface area contributed by atoms with Crippen LogP contribution in [-0.2, 0) is 10.8 Å². The second kappa shape index (κ2) is 17.7. The predicted octanol–water partition coefficient (Wildman–Crippen LogP) is 17.9. The van der Waals surface area contributed by atoms with E-state index in [0.29, 0.717) is 0 Å². The summed E-state index contributed by atoms with van der Waals surface area (Å²) in [6, 6.07) is 94.2. The predicted molar refractivity (Wildman–Crippen MR) is 294 cm³/mol. The Labute approximate surface area is 412 Å². The van der Waals surface area contributed by atoms with Gasteiger partial charge in [0.25, 0.3) is 0 Å². The summed E-state index contributed by atoms with van der Waals surface area (Å²) in [5, 5.41) is 0. The quantitative estimate of drug-likeness (QED) is 0.124. The minimum atomic E-state index is -0.828. The molecule has 0 spiro atoms. The molecule has 0 bridgehead atoms. The topological polar surface area (TPSA) is 3.24 Å². The lowest BCUT2D eigenvalue weighted by Crippen LogP contribution is -2.34. The fourth-order valence-electron chi connectivity index (χ4n) is 11.9. The van der Waals surface area contributed by atoms with E-state index in [2.05, 4.69) is 297 Å². The van der Waals surface area contributed by atoms with Crippen LogP contribution in [0.5, 0.6) is 0 Å². The van der Waals surface area contributed by atoms with Gasteiger partial charge in [-0.25, -0.2) is 0 Å². The summed E-state index contributed by atoms with van der Waals surface area (Å²) in [6.45, 7) is 6.71. The molecule has 2 aliphatic rings. The highest BCUT2D eigenvalue weighted by atomic mass is 15.1. The standard InChI is InChI=1S/C69H51N/c1-3-5-27-51(4-2)69(63-38-21-17-34-58(63)56-32-15-16-33-57(56)59-35-18-22-39-64(59)69)66-40-23-24-41-67(66)70(54-44-42-50(43-45-54)49-25-9-6-10-26-49)55-46-47-65-61(48-55)60-36-19-20-37-62(60)68(65,52-28-11-7-12-29-52)53-30-13-8-14-31-53/h3-48H,2H2,1H3/b5-3-,51-27+. The smallest absolute Gasteiger partial charge is 0.0733 e. The molecule has 2 aliphatic carbocycles. The Morgan fingerprint density at radius 2 is 0.814 bits per heavy atom. The number of nitrogens with zero attached hydrogens (tertiary/aromatic N) is 1. The second-order valence-corrected chi connectivity index (χ2v) is 18.3. The molecule has 0 aromatic heterocycles. The van der Waals surface area contributed by atoms with Crippen molar-refractivity contribution in [2.75, 3.05) is 4.90 Å². The first kappa shape index (κ1) is 42.6. The molecule has 0 fully saturated rings. The number of benzene rings is 10. The third-order valence-corrected chi connectivity index (χ3v) is 14.8. The van der Waals surface area contributed by atoms with Gasteiger partial charge in [0.2, 0.25) is 0 Å². The zero-order chi connectivity index (χ0) is 47.1. The minimum Gasteiger partial charge on any atom is -0.310 e. The Hall–Kier alpha value is -8.78. The van der Waals surface area contributed by atoms with Crippen molar-refractivity contribution in [2.24, 2.45) is 0 Å². The van der Waals surface area contributed by atoms with E-state index in [4.69, 9.17) is 0 Å². The number of para-hydroxylation sites is 1. The third kappa shape index (κ3) is 6.54. The van der Waals surface area contributed by atoms with E-state index in [-0.39, 0.29) is 0 Å². The van der Waals surface area contributed by atoms with Crippen LogP contribution in [0.2, 0.25) is 0 Å². The normalized spacial score (nSPS) is 13.8. The Morgan fingerprint density at radius 3 is 1.37 bits per heavy atom. The highest BCUT2D eigenvalue weighted by Crippen LogP contribution is 2.60. The van der Waals surface area contributed by atoms with Gasteiger partial charge in [0.05, 0.1) is 16.5 Å². The number of anilines is 3. The first-order valence-corrected chi connectivity index (χ1v) is 24.3. The Morgan fingerprint density at radius 1 is 0.386 bits per heavy atom. The number of hydrogen-bond acceptors (Lipinski definition) is 1. The van der Waals surface area contributed by atoms with E-state index in [9.17, 15) is 0 Å². The molecule has 0 aliphatic heterocycles. The lowest BCUT2D eigenvalue weighted by Gasteiger charge is -2.42. The van der Waals surface area contributed by atoms with Crippen LogP contribution in [0.1, 0.15) is 45.9 Å². The zero-order valence-electron chi connectivity index (χ0n) is 39.2. The van der Waals surface area contributed by atoms with Crippen molar-refractivity contribution < 1.29 is 0 Å². The minimum absolute atomic E-state index is 0.518. The maximum Gasteiger partial charge on any atom is 0.0733 e. The summed E-state index contributed by atoms with van der Waals surface area (Å²) in [5.41, 5.74) is 21.2. The maximum absolute atomic E-state index is 4.62. The highest BCUT2D eigenvalue weighted by Gasteiger charge is 2.48. The first-order chi connectivity index (χ1) is 34.7. The highest BCUT2D eigenvalue weighted by molar-refractivity contribution is 5.96. The molecule has 0 saturated carbocycles. The summed E-state index contributed by atoms with van der Waals surface area (Å²) in [6.07, 6.45) is 8.62. The van der Waals surface area contributed by atoms with Crippen molar-refractivity contribution in [3.05, 3.63) is 330 Å². The molecule has 70 heavy (non-hydrogen) atoms. The molecule has 0 unspecified atom stereocenters. The first-order valence-electron chi connectivity index (χ1n) is 24.3. The van der Waals surface area contributed by atoms with Crippen LogP contribution < -0.4 is 4.90 Å². The summed E-state index contributed by atoms with van der Waals surface area (Å²) in [4.78, 5) is 2.50. The van der Waals surface area contributed by atoms with Gasteiger partial charge in [0.15, 0.2) is 0 Å². The largest absolute Gasteiger partial charge is 0.310 e. The van der Waals surface area contributed by atoms with E-state index in [1.807, 2.05) is 0 Å². The average molecular weight is 894 g/mol. The molecule has 1 nitrogen and oxygen atoms in total. The molecular formula is C69H51N. The summed E-state index contributed by atoms with van der Waals surface area (Å²) >= 11 is 0. The number of rotatable bonds is 10. The van der Waals surface area contributed by atoms with Crippen LogP contribution in [0, 0.1) is 0 Å². The summed E-state index contributed by atoms with van der Waals surface area (Å²) in [5.74, 6) is 0. The van der Waals surface area contributed by atoms with Crippen molar-refractivity contribution in [3.8, 4) is 44.5 Å².